The minimum Gasteiger partial charge on any atom is -0.369 e. The predicted octanol–water partition coefficient (Wildman–Crippen LogP) is 4.38. The van der Waals surface area contributed by atoms with Crippen LogP contribution in [0.2, 0.25) is 0 Å². The van der Waals surface area contributed by atoms with Crippen LogP contribution in [-0.2, 0) is 0 Å². The van der Waals surface area contributed by atoms with Gasteiger partial charge in [-0.15, -0.1) is 11.3 Å². The molecule has 21 heavy (non-hydrogen) atoms. The van der Waals surface area contributed by atoms with Crippen molar-refractivity contribution >= 4 is 45.1 Å². The molecule has 0 saturated heterocycles. The van der Waals surface area contributed by atoms with E-state index in [4.69, 9.17) is 0 Å². The minimum absolute atomic E-state index is 0.687. The lowest BCUT2D eigenvalue weighted by atomic mass is 10.2. The average molecular weight is 325 g/mol. The molecule has 0 spiro atoms. The van der Waals surface area contributed by atoms with Crippen molar-refractivity contribution in [3.05, 3.63) is 10.9 Å². The third kappa shape index (κ3) is 4.74. The Balaban J connectivity index is 1.91. The number of fused-ring (bicyclic) bond motifs is 1. The number of hydrogen-bond donors (Lipinski definition) is 2. The zero-order valence-corrected chi connectivity index (χ0v) is 14.7. The molecule has 4 nitrogen and oxygen atoms in total. The molecule has 0 bridgehead atoms. The summed E-state index contributed by atoms with van der Waals surface area (Å²) in [7, 11) is 1.86. The van der Waals surface area contributed by atoms with Crippen molar-refractivity contribution in [2.75, 3.05) is 36.2 Å². The van der Waals surface area contributed by atoms with Crippen LogP contribution < -0.4 is 10.6 Å². The number of nitrogens with zero attached hydrogens (tertiary/aromatic N) is 2. The second kappa shape index (κ2) is 8.44. The summed E-state index contributed by atoms with van der Waals surface area (Å²) in [6.45, 7) is 3.09. The zero-order valence-electron chi connectivity index (χ0n) is 13.0. The van der Waals surface area contributed by atoms with Gasteiger partial charge < -0.3 is 10.6 Å². The van der Waals surface area contributed by atoms with E-state index in [-0.39, 0.29) is 0 Å². The molecule has 0 fully saturated rings. The maximum Gasteiger partial charge on any atom is 0.225 e. The van der Waals surface area contributed by atoms with E-state index in [0.717, 1.165) is 22.6 Å². The molecule has 116 valence electrons. The average Bonchev–Trinajstić information content (AvgIpc) is 2.86. The summed E-state index contributed by atoms with van der Waals surface area (Å²) in [4.78, 5) is 11.4. The van der Waals surface area contributed by atoms with Gasteiger partial charge in [0.25, 0.3) is 0 Å². The van der Waals surface area contributed by atoms with Gasteiger partial charge in [-0.25, -0.2) is 4.98 Å². The first kappa shape index (κ1) is 16.4. The Bertz CT molecular complexity index is 568. The van der Waals surface area contributed by atoms with Crippen molar-refractivity contribution in [2.45, 2.75) is 32.6 Å². The molecule has 0 radical (unpaired) electrons. The lowest BCUT2D eigenvalue weighted by Crippen LogP contribution is -2.06. The summed E-state index contributed by atoms with van der Waals surface area (Å²) in [6.07, 6.45) is 7.29. The molecular weight excluding hydrogens is 300 g/mol. The van der Waals surface area contributed by atoms with E-state index in [1.807, 2.05) is 18.8 Å². The van der Waals surface area contributed by atoms with E-state index in [2.05, 4.69) is 39.8 Å². The van der Waals surface area contributed by atoms with Crippen molar-refractivity contribution in [1.82, 2.24) is 9.97 Å². The van der Waals surface area contributed by atoms with E-state index >= 15 is 0 Å². The maximum atomic E-state index is 4.55. The van der Waals surface area contributed by atoms with Gasteiger partial charge >= 0.3 is 0 Å². The Hall–Kier alpha value is -1.01. The topological polar surface area (TPSA) is 49.8 Å². The van der Waals surface area contributed by atoms with Gasteiger partial charge in [0.05, 0.1) is 5.39 Å². The standard InChI is InChI=1S/C15H24N4S2/c1-11-10-12-13(17-8-6-4-5-7-9-20-3)18-15(16-2)19-14(12)21-11/h10H,4-9H2,1-3H3,(H2,16,17,18,19). The lowest BCUT2D eigenvalue weighted by molar-refractivity contribution is 0.688. The fourth-order valence-electron chi connectivity index (χ4n) is 2.22. The summed E-state index contributed by atoms with van der Waals surface area (Å²) < 4.78 is 0. The molecule has 0 atom stereocenters. The van der Waals surface area contributed by atoms with Gasteiger partial charge in [0.1, 0.15) is 10.6 Å². The summed E-state index contributed by atoms with van der Waals surface area (Å²) in [5, 5.41) is 7.65. The number of rotatable bonds is 9. The molecule has 0 amide bonds. The highest BCUT2D eigenvalue weighted by Gasteiger charge is 2.09. The Morgan fingerprint density at radius 2 is 2.00 bits per heavy atom. The molecule has 2 aromatic heterocycles. The molecular formula is C15H24N4S2. The Kier molecular flexibility index (Phi) is 6.57. The Morgan fingerprint density at radius 3 is 2.76 bits per heavy atom. The van der Waals surface area contributed by atoms with Gasteiger partial charge in [-0.2, -0.15) is 16.7 Å². The number of thioether (sulfide) groups is 1. The van der Waals surface area contributed by atoms with E-state index in [1.54, 1.807) is 11.3 Å². The highest BCUT2D eigenvalue weighted by molar-refractivity contribution is 7.98. The van der Waals surface area contributed by atoms with Crippen LogP contribution in [0.4, 0.5) is 11.8 Å². The number of nitrogens with one attached hydrogen (secondary N) is 2. The normalized spacial score (nSPS) is 11.0. The monoisotopic (exact) mass is 324 g/mol. The second-order valence-corrected chi connectivity index (χ2v) is 7.28. The molecule has 0 aromatic carbocycles. The van der Waals surface area contributed by atoms with Gasteiger partial charge in [-0.05, 0) is 37.8 Å². The molecule has 2 aromatic rings. The number of aryl methyl sites for hydroxylation is 1. The molecule has 2 rings (SSSR count). The van der Waals surface area contributed by atoms with Crippen LogP contribution in [0.3, 0.4) is 0 Å². The van der Waals surface area contributed by atoms with Crippen LogP contribution in [0.15, 0.2) is 6.07 Å². The number of aromatic nitrogens is 2. The molecule has 0 unspecified atom stereocenters. The van der Waals surface area contributed by atoms with Gasteiger partial charge in [0, 0.05) is 18.5 Å². The largest absolute Gasteiger partial charge is 0.369 e. The molecule has 0 aliphatic heterocycles. The highest BCUT2D eigenvalue weighted by atomic mass is 32.2. The SMILES string of the molecule is CNc1nc(NCCCCCCSC)c2cc(C)sc2n1. The van der Waals surface area contributed by atoms with Crippen LogP contribution in [0.25, 0.3) is 10.2 Å². The van der Waals surface area contributed by atoms with Gasteiger partial charge in [-0.3, -0.25) is 0 Å². The smallest absolute Gasteiger partial charge is 0.225 e. The number of thiophene rings is 1. The Labute approximate surface area is 135 Å². The van der Waals surface area contributed by atoms with Crippen molar-refractivity contribution in [3.8, 4) is 0 Å². The lowest BCUT2D eigenvalue weighted by Gasteiger charge is -2.08. The van der Waals surface area contributed by atoms with Crippen LogP contribution >= 0.6 is 23.1 Å². The first-order valence-corrected chi connectivity index (χ1v) is 9.64. The van der Waals surface area contributed by atoms with Gasteiger partial charge in [-0.1, -0.05) is 12.8 Å². The quantitative estimate of drug-likeness (QED) is 0.671. The molecule has 0 saturated carbocycles. The third-order valence-electron chi connectivity index (χ3n) is 3.31. The summed E-state index contributed by atoms with van der Waals surface area (Å²) >= 11 is 3.65. The van der Waals surface area contributed by atoms with E-state index in [0.29, 0.717) is 5.95 Å². The van der Waals surface area contributed by atoms with Gasteiger partial charge in [0.15, 0.2) is 0 Å². The van der Waals surface area contributed by atoms with E-state index < -0.39 is 0 Å². The predicted molar refractivity (Wildman–Crippen MR) is 97.0 cm³/mol. The second-order valence-electron chi connectivity index (χ2n) is 5.06. The maximum absolute atomic E-state index is 4.55. The Morgan fingerprint density at radius 1 is 1.19 bits per heavy atom. The molecule has 2 N–H and O–H groups in total. The number of unbranched alkanes of at least 4 members (excludes halogenated alkanes) is 3. The zero-order chi connectivity index (χ0) is 15.1. The summed E-state index contributed by atoms with van der Waals surface area (Å²) in [5.74, 6) is 2.92. The fourth-order valence-corrected chi connectivity index (χ4v) is 3.59. The summed E-state index contributed by atoms with van der Waals surface area (Å²) in [5.41, 5.74) is 0. The molecule has 2 heterocycles. The van der Waals surface area contributed by atoms with Crippen LogP contribution in [0.5, 0.6) is 0 Å². The summed E-state index contributed by atoms with van der Waals surface area (Å²) in [6, 6.07) is 2.17. The number of hydrogen-bond acceptors (Lipinski definition) is 6. The van der Waals surface area contributed by atoms with Crippen LogP contribution in [0, 0.1) is 6.92 Å². The van der Waals surface area contributed by atoms with E-state index in [1.165, 1.54) is 36.3 Å². The van der Waals surface area contributed by atoms with Gasteiger partial charge in [0.2, 0.25) is 5.95 Å². The van der Waals surface area contributed by atoms with Crippen molar-refractivity contribution in [2.24, 2.45) is 0 Å². The van der Waals surface area contributed by atoms with Crippen molar-refractivity contribution in [1.29, 1.82) is 0 Å². The van der Waals surface area contributed by atoms with Crippen molar-refractivity contribution in [3.63, 3.8) is 0 Å². The fraction of sp³-hybridized carbons (Fsp3) is 0.600. The van der Waals surface area contributed by atoms with E-state index in [9.17, 15) is 0 Å². The number of anilines is 2. The molecule has 0 aliphatic carbocycles. The van der Waals surface area contributed by atoms with Crippen LogP contribution in [0.1, 0.15) is 30.6 Å². The van der Waals surface area contributed by atoms with Crippen LogP contribution in [-0.4, -0.2) is 35.6 Å². The van der Waals surface area contributed by atoms with Crippen molar-refractivity contribution < 1.29 is 0 Å². The first-order valence-electron chi connectivity index (χ1n) is 7.43. The first-order chi connectivity index (χ1) is 10.2. The molecule has 6 heteroatoms. The third-order valence-corrected chi connectivity index (χ3v) is 4.95. The minimum atomic E-state index is 0.687. The highest BCUT2D eigenvalue weighted by Crippen LogP contribution is 2.29. The molecule has 0 aliphatic rings.